The molecule has 1 heterocycles. The molecule has 1 saturated heterocycles. The molecule has 0 bridgehead atoms. The lowest BCUT2D eigenvalue weighted by Crippen LogP contribution is -2.57. The summed E-state index contributed by atoms with van der Waals surface area (Å²) in [4.78, 5) is 14.7. The molecule has 0 radical (unpaired) electrons. The Morgan fingerprint density at radius 3 is 2.57 bits per heavy atom. The van der Waals surface area contributed by atoms with E-state index in [-0.39, 0.29) is 17.6 Å². The van der Waals surface area contributed by atoms with E-state index < -0.39 is 0 Å². The second kappa shape index (κ2) is 5.93. The van der Waals surface area contributed by atoms with Crippen LogP contribution in [0, 0.1) is 0 Å². The summed E-state index contributed by atoms with van der Waals surface area (Å²) in [5.74, 6) is 1.15. The molecular formula is C16H23NO4. The van der Waals surface area contributed by atoms with Crippen LogP contribution in [-0.4, -0.2) is 49.8 Å². The van der Waals surface area contributed by atoms with Crippen LogP contribution in [0.3, 0.4) is 0 Å². The van der Waals surface area contributed by atoms with E-state index in [2.05, 4.69) is 0 Å². The van der Waals surface area contributed by atoms with Gasteiger partial charge in [0.15, 0.2) is 11.5 Å². The predicted octanol–water partition coefficient (Wildman–Crippen LogP) is 2.34. The van der Waals surface area contributed by atoms with E-state index in [1.165, 1.54) is 0 Å². The number of methoxy groups -OCH3 is 2. The van der Waals surface area contributed by atoms with Gasteiger partial charge in [0.2, 0.25) is 0 Å². The van der Waals surface area contributed by atoms with Gasteiger partial charge in [-0.2, -0.15) is 0 Å². The van der Waals surface area contributed by atoms with Gasteiger partial charge in [0.1, 0.15) is 0 Å². The summed E-state index contributed by atoms with van der Waals surface area (Å²) >= 11 is 0. The number of amides is 1. The number of ether oxygens (including phenoxy) is 3. The molecule has 1 fully saturated rings. The summed E-state index contributed by atoms with van der Waals surface area (Å²) in [6.07, 6.45) is 0.0436. The van der Waals surface area contributed by atoms with E-state index in [1.807, 2.05) is 25.7 Å². The zero-order chi connectivity index (χ0) is 15.6. The Morgan fingerprint density at radius 2 is 1.95 bits per heavy atom. The van der Waals surface area contributed by atoms with Crippen LogP contribution in [0.4, 0.5) is 0 Å². The third-order valence-corrected chi connectivity index (χ3v) is 3.77. The number of hydrogen-bond donors (Lipinski definition) is 0. The molecular weight excluding hydrogens is 270 g/mol. The largest absolute Gasteiger partial charge is 0.493 e. The van der Waals surface area contributed by atoms with Crippen molar-refractivity contribution < 1.29 is 19.0 Å². The standard InChI is InChI=1S/C16H23NO4/c1-11-9-17(16(2,3)10-21-11)15(18)12-6-7-13(19-4)14(8-12)20-5/h6-8,11H,9-10H2,1-5H3. The first-order chi connectivity index (χ1) is 9.89. The molecule has 21 heavy (non-hydrogen) atoms. The maximum atomic E-state index is 12.8. The van der Waals surface area contributed by atoms with Crippen LogP contribution in [0.2, 0.25) is 0 Å². The number of nitrogens with zero attached hydrogens (tertiary/aromatic N) is 1. The molecule has 0 spiro atoms. The predicted molar refractivity (Wildman–Crippen MR) is 80.1 cm³/mol. The van der Waals surface area contributed by atoms with Crippen LogP contribution in [0.1, 0.15) is 31.1 Å². The third-order valence-electron chi connectivity index (χ3n) is 3.77. The number of benzene rings is 1. The molecule has 1 atom stereocenters. The maximum absolute atomic E-state index is 12.8. The molecule has 0 aliphatic carbocycles. The minimum atomic E-state index is -0.323. The molecule has 1 aliphatic rings. The van der Waals surface area contributed by atoms with Crippen LogP contribution in [0.25, 0.3) is 0 Å². The highest BCUT2D eigenvalue weighted by atomic mass is 16.5. The molecule has 0 aromatic heterocycles. The molecule has 116 valence electrons. The fourth-order valence-electron chi connectivity index (χ4n) is 2.46. The quantitative estimate of drug-likeness (QED) is 0.858. The van der Waals surface area contributed by atoms with Crippen molar-refractivity contribution in [2.75, 3.05) is 27.4 Å². The zero-order valence-electron chi connectivity index (χ0n) is 13.3. The molecule has 1 unspecified atom stereocenters. The smallest absolute Gasteiger partial charge is 0.254 e. The first kappa shape index (κ1) is 15.6. The SMILES string of the molecule is COc1ccc(C(=O)N2CC(C)OCC2(C)C)cc1OC. The van der Waals surface area contributed by atoms with Gasteiger partial charge in [0.25, 0.3) is 5.91 Å². The molecule has 5 nitrogen and oxygen atoms in total. The molecule has 0 saturated carbocycles. The van der Waals surface area contributed by atoms with Gasteiger partial charge in [0.05, 0.1) is 32.5 Å². The summed E-state index contributed by atoms with van der Waals surface area (Å²) in [6, 6.07) is 5.24. The average molecular weight is 293 g/mol. The monoisotopic (exact) mass is 293 g/mol. The first-order valence-electron chi connectivity index (χ1n) is 7.04. The summed E-state index contributed by atoms with van der Waals surface area (Å²) in [5, 5.41) is 0. The van der Waals surface area contributed by atoms with Gasteiger partial charge in [0, 0.05) is 12.1 Å². The van der Waals surface area contributed by atoms with Gasteiger partial charge in [-0.05, 0) is 39.0 Å². The van der Waals surface area contributed by atoms with Crippen molar-refractivity contribution in [3.63, 3.8) is 0 Å². The highest BCUT2D eigenvalue weighted by Gasteiger charge is 2.37. The van der Waals surface area contributed by atoms with Crippen LogP contribution >= 0.6 is 0 Å². The van der Waals surface area contributed by atoms with Crippen LogP contribution in [0.5, 0.6) is 11.5 Å². The Bertz CT molecular complexity index is 527. The Labute approximate surface area is 125 Å². The lowest BCUT2D eigenvalue weighted by atomic mass is 9.99. The molecule has 0 N–H and O–H groups in total. The van der Waals surface area contributed by atoms with Gasteiger partial charge in [-0.15, -0.1) is 0 Å². The molecule has 2 rings (SSSR count). The lowest BCUT2D eigenvalue weighted by Gasteiger charge is -2.44. The first-order valence-corrected chi connectivity index (χ1v) is 7.04. The van der Waals surface area contributed by atoms with Gasteiger partial charge < -0.3 is 19.1 Å². The van der Waals surface area contributed by atoms with Crippen molar-refractivity contribution in [3.05, 3.63) is 23.8 Å². The lowest BCUT2D eigenvalue weighted by molar-refractivity contribution is -0.0756. The van der Waals surface area contributed by atoms with Gasteiger partial charge in [-0.1, -0.05) is 0 Å². The average Bonchev–Trinajstić information content (AvgIpc) is 2.48. The Morgan fingerprint density at radius 1 is 1.29 bits per heavy atom. The highest BCUT2D eigenvalue weighted by Crippen LogP contribution is 2.30. The van der Waals surface area contributed by atoms with Gasteiger partial charge in [-0.3, -0.25) is 4.79 Å². The Balaban J connectivity index is 2.30. The topological polar surface area (TPSA) is 48.0 Å². The van der Waals surface area contributed by atoms with Crippen LogP contribution in [0.15, 0.2) is 18.2 Å². The van der Waals surface area contributed by atoms with Crippen molar-refractivity contribution in [3.8, 4) is 11.5 Å². The van der Waals surface area contributed by atoms with E-state index >= 15 is 0 Å². The number of morpholine rings is 1. The summed E-state index contributed by atoms with van der Waals surface area (Å²) in [7, 11) is 3.14. The third kappa shape index (κ3) is 3.13. The molecule has 1 aliphatic heterocycles. The normalized spacial score (nSPS) is 21.0. The minimum Gasteiger partial charge on any atom is -0.493 e. The van der Waals surface area contributed by atoms with Crippen molar-refractivity contribution in [1.29, 1.82) is 0 Å². The maximum Gasteiger partial charge on any atom is 0.254 e. The van der Waals surface area contributed by atoms with Crippen LogP contribution in [-0.2, 0) is 4.74 Å². The Kier molecular flexibility index (Phi) is 4.42. The second-order valence-electron chi connectivity index (χ2n) is 5.92. The van der Waals surface area contributed by atoms with E-state index in [1.54, 1.807) is 32.4 Å². The number of rotatable bonds is 3. The molecule has 1 amide bonds. The van der Waals surface area contributed by atoms with Crippen molar-refractivity contribution >= 4 is 5.91 Å². The second-order valence-corrected chi connectivity index (χ2v) is 5.92. The number of carbonyl (C=O) groups is 1. The minimum absolute atomic E-state index is 0.0175. The van der Waals surface area contributed by atoms with Crippen LogP contribution < -0.4 is 9.47 Å². The van der Waals surface area contributed by atoms with Crippen molar-refractivity contribution in [2.24, 2.45) is 0 Å². The number of carbonyl (C=O) groups excluding carboxylic acids is 1. The van der Waals surface area contributed by atoms with E-state index in [4.69, 9.17) is 14.2 Å². The summed E-state index contributed by atoms with van der Waals surface area (Å²) in [5.41, 5.74) is 0.270. The number of hydrogen-bond acceptors (Lipinski definition) is 4. The Hall–Kier alpha value is -1.75. The molecule has 1 aromatic carbocycles. The summed E-state index contributed by atoms with van der Waals surface area (Å²) in [6.45, 7) is 7.12. The van der Waals surface area contributed by atoms with E-state index in [9.17, 15) is 4.79 Å². The zero-order valence-corrected chi connectivity index (χ0v) is 13.3. The van der Waals surface area contributed by atoms with Gasteiger partial charge >= 0.3 is 0 Å². The van der Waals surface area contributed by atoms with Crippen molar-refractivity contribution in [2.45, 2.75) is 32.4 Å². The highest BCUT2D eigenvalue weighted by molar-refractivity contribution is 5.95. The van der Waals surface area contributed by atoms with E-state index in [0.717, 1.165) is 0 Å². The van der Waals surface area contributed by atoms with Gasteiger partial charge in [-0.25, -0.2) is 0 Å². The fraction of sp³-hybridized carbons (Fsp3) is 0.562. The fourth-order valence-corrected chi connectivity index (χ4v) is 2.46. The van der Waals surface area contributed by atoms with E-state index in [0.29, 0.717) is 30.2 Å². The molecule has 5 heteroatoms. The van der Waals surface area contributed by atoms with Crippen molar-refractivity contribution in [1.82, 2.24) is 4.90 Å². The molecule has 1 aromatic rings. The summed E-state index contributed by atoms with van der Waals surface area (Å²) < 4.78 is 16.1.